The molecule has 8 nitrogen and oxygen atoms in total. The van der Waals surface area contributed by atoms with Gasteiger partial charge in [-0.1, -0.05) is 6.07 Å². The van der Waals surface area contributed by atoms with Gasteiger partial charge in [0.15, 0.2) is 5.69 Å². The summed E-state index contributed by atoms with van der Waals surface area (Å²) in [4.78, 5) is 40.2. The SMILES string of the molecule is Cc1ccc(NC(=O)c2cnc(C(F)(F)F)cn2)cc1-c1ccnc(-c2ccnc(NC(=O)C3CC3)c2)c1. The summed E-state index contributed by atoms with van der Waals surface area (Å²) in [5.41, 5.74) is 3.04. The van der Waals surface area contributed by atoms with Crippen LogP contribution in [0.2, 0.25) is 0 Å². The van der Waals surface area contributed by atoms with Gasteiger partial charge in [-0.05, 0) is 72.9 Å². The Bertz CT molecular complexity index is 1520. The number of aromatic nitrogens is 4. The van der Waals surface area contributed by atoms with Crippen LogP contribution in [0.1, 0.15) is 34.6 Å². The molecule has 0 atom stereocenters. The number of carbonyl (C=O) groups excluding carboxylic acids is 2. The zero-order chi connectivity index (χ0) is 26.9. The number of carbonyl (C=O) groups is 2. The maximum absolute atomic E-state index is 12.7. The Morgan fingerprint density at radius 1 is 0.868 bits per heavy atom. The van der Waals surface area contributed by atoms with Gasteiger partial charge in [-0.15, -0.1) is 0 Å². The molecule has 38 heavy (non-hydrogen) atoms. The molecule has 1 saturated carbocycles. The summed E-state index contributed by atoms with van der Waals surface area (Å²) in [5.74, 6) is -0.204. The van der Waals surface area contributed by atoms with Crippen molar-refractivity contribution in [3.05, 3.63) is 84.2 Å². The lowest BCUT2D eigenvalue weighted by atomic mass is 9.99. The van der Waals surface area contributed by atoms with Gasteiger partial charge in [0.25, 0.3) is 5.91 Å². The van der Waals surface area contributed by atoms with Crippen molar-refractivity contribution in [3.63, 3.8) is 0 Å². The molecule has 0 unspecified atom stereocenters. The standard InChI is InChI=1S/C27H21F3N6O2/c1-15-2-5-19(35-26(38)22-13-34-23(14-33-22)27(28,29)30)12-20(15)17-6-8-31-21(10-17)18-7-9-32-24(11-18)36-25(37)16-3-4-16/h2,5-14,16H,3-4H2,1H3,(H,35,38)(H,32,36,37). The lowest BCUT2D eigenvalue weighted by molar-refractivity contribution is -0.141. The third-order valence-corrected chi connectivity index (χ3v) is 6.00. The molecule has 0 aliphatic heterocycles. The van der Waals surface area contributed by atoms with Crippen molar-refractivity contribution in [3.8, 4) is 22.4 Å². The molecule has 0 spiro atoms. The normalized spacial score (nSPS) is 13.2. The van der Waals surface area contributed by atoms with Gasteiger partial charge in [0.05, 0.1) is 18.1 Å². The van der Waals surface area contributed by atoms with Crippen LogP contribution in [0.4, 0.5) is 24.7 Å². The minimum Gasteiger partial charge on any atom is -0.321 e. The Labute approximate surface area is 215 Å². The highest BCUT2D eigenvalue weighted by molar-refractivity contribution is 6.03. The van der Waals surface area contributed by atoms with Gasteiger partial charge >= 0.3 is 6.18 Å². The molecule has 1 fully saturated rings. The van der Waals surface area contributed by atoms with Gasteiger partial charge in [0, 0.05) is 29.6 Å². The van der Waals surface area contributed by atoms with E-state index in [1.807, 2.05) is 25.1 Å². The molecule has 11 heteroatoms. The van der Waals surface area contributed by atoms with Crippen molar-refractivity contribution in [2.24, 2.45) is 5.92 Å². The zero-order valence-electron chi connectivity index (χ0n) is 20.1. The van der Waals surface area contributed by atoms with Crippen molar-refractivity contribution in [2.75, 3.05) is 10.6 Å². The summed E-state index contributed by atoms with van der Waals surface area (Å²) in [6, 6.07) is 12.6. The van der Waals surface area contributed by atoms with Gasteiger partial charge in [0.2, 0.25) is 5.91 Å². The number of benzene rings is 1. The van der Waals surface area contributed by atoms with Crippen LogP contribution in [0.15, 0.2) is 67.3 Å². The van der Waals surface area contributed by atoms with E-state index in [9.17, 15) is 22.8 Å². The highest BCUT2D eigenvalue weighted by atomic mass is 19.4. The fraction of sp³-hybridized carbons (Fsp3) is 0.185. The van der Waals surface area contributed by atoms with Crippen LogP contribution in [0.5, 0.6) is 0 Å². The lowest BCUT2D eigenvalue weighted by Gasteiger charge is -2.12. The highest BCUT2D eigenvalue weighted by Gasteiger charge is 2.33. The summed E-state index contributed by atoms with van der Waals surface area (Å²) < 4.78 is 38.2. The summed E-state index contributed by atoms with van der Waals surface area (Å²) in [5, 5.41) is 5.49. The molecule has 2 amide bonds. The summed E-state index contributed by atoms with van der Waals surface area (Å²) in [7, 11) is 0. The molecule has 1 aliphatic rings. The number of nitrogens with one attached hydrogen (secondary N) is 2. The largest absolute Gasteiger partial charge is 0.434 e. The average molecular weight is 518 g/mol. The Morgan fingerprint density at radius 3 is 2.34 bits per heavy atom. The Hall–Kier alpha value is -4.67. The van der Waals surface area contributed by atoms with Crippen LogP contribution >= 0.6 is 0 Å². The number of pyridine rings is 2. The van der Waals surface area contributed by atoms with E-state index in [4.69, 9.17) is 0 Å². The Morgan fingerprint density at radius 2 is 1.63 bits per heavy atom. The first-order valence-corrected chi connectivity index (χ1v) is 11.7. The number of hydrogen-bond donors (Lipinski definition) is 2. The molecule has 0 saturated heterocycles. The van der Waals surface area contributed by atoms with E-state index >= 15 is 0 Å². The van der Waals surface area contributed by atoms with E-state index in [2.05, 4.69) is 30.6 Å². The molecule has 3 heterocycles. The predicted octanol–water partition coefficient (Wildman–Crippen LogP) is 5.53. The van der Waals surface area contributed by atoms with Crippen molar-refractivity contribution in [2.45, 2.75) is 25.9 Å². The number of hydrogen-bond acceptors (Lipinski definition) is 6. The first kappa shape index (κ1) is 25.0. The summed E-state index contributed by atoms with van der Waals surface area (Å²) in [6.07, 6.45) is 1.74. The van der Waals surface area contributed by atoms with Gasteiger partial charge in [0.1, 0.15) is 11.5 Å². The predicted molar refractivity (Wildman–Crippen MR) is 134 cm³/mol. The van der Waals surface area contributed by atoms with Crippen LogP contribution in [0, 0.1) is 12.8 Å². The number of halogens is 3. The minimum atomic E-state index is -4.64. The quantitative estimate of drug-likeness (QED) is 0.347. The van der Waals surface area contributed by atoms with E-state index in [0.29, 0.717) is 23.4 Å². The topological polar surface area (TPSA) is 110 Å². The van der Waals surface area contributed by atoms with Crippen LogP contribution in [0.3, 0.4) is 0 Å². The summed E-state index contributed by atoms with van der Waals surface area (Å²) >= 11 is 0. The van der Waals surface area contributed by atoms with Gasteiger partial charge in [-0.3, -0.25) is 14.6 Å². The first-order chi connectivity index (χ1) is 18.2. The highest BCUT2D eigenvalue weighted by Crippen LogP contribution is 2.32. The second-order valence-electron chi connectivity index (χ2n) is 8.89. The molecule has 192 valence electrons. The monoisotopic (exact) mass is 518 g/mol. The van der Waals surface area contributed by atoms with Crippen LogP contribution < -0.4 is 10.6 Å². The van der Waals surface area contributed by atoms with E-state index in [1.54, 1.807) is 36.7 Å². The van der Waals surface area contributed by atoms with Crippen LogP contribution in [-0.4, -0.2) is 31.8 Å². The fourth-order valence-electron chi connectivity index (χ4n) is 3.79. The second-order valence-corrected chi connectivity index (χ2v) is 8.89. The zero-order valence-corrected chi connectivity index (χ0v) is 20.1. The maximum atomic E-state index is 12.7. The number of aryl methyl sites for hydroxylation is 1. The Kier molecular flexibility index (Phi) is 6.58. The van der Waals surface area contributed by atoms with Crippen LogP contribution in [0.25, 0.3) is 22.4 Å². The average Bonchev–Trinajstić information content (AvgIpc) is 3.75. The Balaban J connectivity index is 1.36. The number of alkyl halides is 3. The summed E-state index contributed by atoms with van der Waals surface area (Å²) in [6.45, 7) is 1.92. The van der Waals surface area contributed by atoms with Gasteiger partial charge in [-0.2, -0.15) is 13.2 Å². The molecular formula is C27H21F3N6O2. The molecule has 1 aromatic carbocycles. The second kappa shape index (κ2) is 10.0. The van der Waals surface area contributed by atoms with E-state index < -0.39 is 17.8 Å². The van der Waals surface area contributed by atoms with Gasteiger partial charge < -0.3 is 10.6 Å². The van der Waals surface area contributed by atoms with E-state index in [1.165, 1.54) is 0 Å². The van der Waals surface area contributed by atoms with Crippen molar-refractivity contribution in [1.29, 1.82) is 0 Å². The minimum absolute atomic E-state index is 0.0341. The molecule has 5 rings (SSSR count). The van der Waals surface area contributed by atoms with Crippen molar-refractivity contribution < 1.29 is 22.8 Å². The fourth-order valence-corrected chi connectivity index (χ4v) is 3.79. The molecule has 0 radical (unpaired) electrons. The molecular weight excluding hydrogens is 497 g/mol. The first-order valence-electron chi connectivity index (χ1n) is 11.7. The van der Waals surface area contributed by atoms with E-state index in [0.717, 1.165) is 41.3 Å². The molecule has 2 N–H and O–H groups in total. The molecule has 0 bridgehead atoms. The number of amides is 2. The third kappa shape index (κ3) is 5.66. The van der Waals surface area contributed by atoms with Crippen LogP contribution in [-0.2, 0) is 11.0 Å². The molecule has 4 aromatic rings. The molecule has 1 aliphatic carbocycles. The van der Waals surface area contributed by atoms with Gasteiger partial charge in [-0.25, -0.2) is 15.0 Å². The number of nitrogens with zero attached hydrogens (tertiary/aromatic N) is 4. The molecule has 3 aromatic heterocycles. The maximum Gasteiger partial charge on any atom is 0.434 e. The number of rotatable bonds is 6. The van der Waals surface area contributed by atoms with E-state index in [-0.39, 0.29) is 17.5 Å². The van der Waals surface area contributed by atoms with Crippen molar-refractivity contribution >= 4 is 23.3 Å². The smallest absolute Gasteiger partial charge is 0.321 e. The number of anilines is 2. The third-order valence-electron chi connectivity index (χ3n) is 6.00. The van der Waals surface area contributed by atoms with Crippen molar-refractivity contribution in [1.82, 2.24) is 19.9 Å². The lowest BCUT2D eigenvalue weighted by Crippen LogP contribution is -2.16.